The van der Waals surface area contributed by atoms with E-state index >= 15 is 0 Å². The molecule has 4 heavy (non-hydrogen) atoms. The van der Waals surface area contributed by atoms with Crippen LogP contribution in [-0.2, 0) is 17.1 Å². The van der Waals surface area contributed by atoms with Gasteiger partial charge in [-0.1, -0.05) is 0 Å². The Kier molecular flexibility index (Phi) is 111. The fourth-order valence-electron chi connectivity index (χ4n) is 0. The molecule has 0 bridgehead atoms. The molecule has 0 N–H and O–H groups in total. The third kappa shape index (κ3) is 8.95. The molecular weight excluding hydrogens is 263 g/mol. The molecule has 0 heterocycles. The Bertz CT molecular complexity index is 13.5. The minimum atomic E-state index is 0. The fraction of sp³-hybridized carbons (Fsp3) is 0. The van der Waals surface area contributed by atoms with Crippen molar-refractivity contribution in [3.63, 3.8) is 0 Å². The van der Waals surface area contributed by atoms with Gasteiger partial charge in [0.15, 0.2) is 0 Å². The van der Waals surface area contributed by atoms with Gasteiger partial charge in [-0.05, 0) is 11.0 Å². The van der Waals surface area contributed by atoms with Crippen molar-refractivity contribution in [2.75, 3.05) is 0 Å². The van der Waals surface area contributed by atoms with Gasteiger partial charge < -0.3 is 2.85 Å². The maximum absolute atomic E-state index is 0. The van der Waals surface area contributed by atoms with Crippen molar-refractivity contribution >= 4 is 48.7 Å². The van der Waals surface area contributed by atoms with E-state index in [0.717, 1.165) is 0 Å². The number of hydrogen-bond donors (Lipinski definition) is 0. The second-order valence-corrected chi connectivity index (χ2v) is 0. The molecule has 0 amide bonds. The molecule has 0 unspecified atom stereocenters. The fourth-order valence-corrected chi connectivity index (χ4v) is 0. The van der Waals surface area contributed by atoms with Crippen LogP contribution < -0.4 is 0 Å². The molecule has 0 fully saturated rings. The molecular formula is H6CaFeLaSi. The molecule has 0 saturated heterocycles. The van der Waals surface area contributed by atoms with E-state index in [4.69, 9.17) is 0 Å². The van der Waals surface area contributed by atoms with Gasteiger partial charge in [-0.2, -0.15) is 0 Å². The largest absolute Gasteiger partial charge is 2.00 e. The van der Waals surface area contributed by atoms with Crippen LogP contribution in [0.2, 0.25) is 0 Å². The molecule has 0 aromatic carbocycles. The van der Waals surface area contributed by atoms with Crippen LogP contribution in [0.15, 0.2) is 0 Å². The first-order valence-electron chi connectivity index (χ1n) is 0. The molecule has 0 aromatic heterocycles. The molecule has 23 valence electrons. The number of hydrogen-bond acceptors (Lipinski definition) is 0. The van der Waals surface area contributed by atoms with E-state index in [1.54, 1.807) is 0 Å². The van der Waals surface area contributed by atoms with Crippen LogP contribution in [0.4, 0.5) is 0 Å². The van der Waals surface area contributed by atoms with Gasteiger partial charge in [0.1, 0.15) is 0 Å². The molecule has 0 aliphatic rings. The molecule has 0 saturated carbocycles. The van der Waals surface area contributed by atoms with Gasteiger partial charge >= 0.3 is 37.7 Å². The van der Waals surface area contributed by atoms with E-state index in [-0.39, 0.29) is 104 Å². The smallest absolute Gasteiger partial charge is 1.00 e. The van der Waals surface area contributed by atoms with Gasteiger partial charge in [0.2, 0.25) is 0 Å². The Labute approximate surface area is 102 Å². The van der Waals surface area contributed by atoms with Crippen molar-refractivity contribution in [3.8, 4) is 0 Å². The quantitative estimate of drug-likeness (QED) is 0.464. The molecule has 1 radical (unpaired) electrons. The first kappa shape index (κ1) is 27.1. The van der Waals surface area contributed by atoms with Gasteiger partial charge in [0.25, 0.3) is 0 Å². The molecule has 0 aliphatic heterocycles. The van der Waals surface area contributed by atoms with Gasteiger partial charge in [0.05, 0.1) is 0 Å². The second kappa shape index (κ2) is 16.4. The van der Waals surface area contributed by atoms with E-state index in [1.165, 1.54) is 0 Å². The summed E-state index contributed by atoms with van der Waals surface area (Å²) < 4.78 is 0. The topological polar surface area (TPSA) is 0 Å². The SMILES string of the molecule is [Ca+2].[Fe].[H-].[H-].[La].[SiH4]. The Morgan fingerprint density at radius 2 is 1.25 bits per heavy atom. The van der Waals surface area contributed by atoms with Gasteiger partial charge in [-0.25, -0.2) is 0 Å². The third-order valence-corrected chi connectivity index (χ3v) is 0. The Hall–Kier alpha value is 3.19. The van der Waals surface area contributed by atoms with Crippen molar-refractivity contribution < 1.29 is 55.5 Å². The van der Waals surface area contributed by atoms with Crippen molar-refractivity contribution in [2.45, 2.75) is 0 Å². The van der Waals surface area contributed by atoms with Crippen LogP contribution in [0.25, 0.3) is 0 Å². The monoisotopic (exact) mass is 269 g/mol. The Morgan fingerprint density at radius 1 is 1.25 bits per heavy atom. The Morgan fingerprint density at radius 3 is 1.25 bits per heavy atom. The van der Waals surface area contributed by atoms with Gasteiger partial charge in [-0.15, -0.1) is 0 Å². The van der Waals surface area contributed by atoms with Crippen molar-refractivity contribution in [2.24, 2.45) is 0 Å². The van der Waals surface area contributed by atoms with E-state index in [1.807, 2.05) is 0 Å². The third-order valence-electron chi connectivity index (χ3n) is 0. The maximum atomic E-state index is 0. The normalized spacial score (nSPS) is 0. The average molecular weight is 269 g/mol. The molecule has 0 atom stereocenters. The van der Waals surface area contributed by atoms with Gasteiger partial charge in [0, 0.05) is 52.7 Å². The first-order valence-corrected chi connectivity index (χ1v) is 0. The van der Waals surface area contributed by atoms with Crippen molar-refractivity contribution in [1.82, 2.24) is 0 Å². The zero-order chi connectivity index (χ0) is 0. The molecule has 0 aromatic rings. The molecule has 0 aliphatic carbocycles. The minimum absolute atomic E-state index is 0. The second-order valence-electron chi connectivity index (χ2n) is 0. The summed E-state index contributed by atoms with van der Waals surface area (Å²) in [6, 6.07) is 0. The van der Waals surface area contributed by atoms with Crippen LogP contribution in [0, 0.1) is 35.6 Å². The van der Waals surface area contributed by atoms with E-state index < -0.39 is 0 Å². The zero-order valence-electron chi connectivity index (χ0n) is 3.64. The first-order chi connectivity index (χ1) is 0. The van der Waals surface area contributed by atoms with Crippen LogP contribution in [-0.4, -0.2) is 48.7 Å². The summed E-state index contributed by atoms with van der Waals surface area (Å²) in [6.07, 6.45) is 0. The minimum Gasteiger partial charge on any atom is -1.00 e. The summed E-state index contributed by atoms with van der Waals surface area (Å²) in [5.74, 6) is 0. The van der Waals surface area contributed by atoms with E-state index in [9.17, 15) is 0 Å². The van der Waals surface area contributed by atoms with Crippen LogP contribution in [0.3, 0.4) is 0 Å². The van der Waals surface area contributed by atoms with Crippen molar-refractivity contribution in [1.29, 1.82) is 0 Å². The predicted octanol–water partition coefficient (Wildman–Crippen LogP) is -1.61. The van der Waals surface area contributed by atoms with Crippen LogP contribution in [0.1, 0.15) is 2.85 Å². The standard InChI is InChI=1S/Ca.Fe.La.H4Si.2H/h;;;1H4;;/q+2;;;;2*-1. The molecule has 4 heteroatoms. The van der Waals surface area contributed by atoms with Crippen LogP contribution >= 0.6 is 0 Å². The summed E-state index contributed by atoms with van der Waals surface area (Å²) >= 11 is 0. The summed E-state index contributed by atoms with van der Waals surface area (Å²) in [5.41, 5.74) is 0. The summed E-state index contributed by atoms with van der Waals surface area (Å²) in [5, 5.41) is 0. The van der Waals surface area contributed by atoms with E-state index in [0.29, 0.717) is 0 Å². The average Bonchev–Trinajstić information content (AvgIpc) is 0. The van der Waals surface area contributed by atoms with Gasteiger partial charge in [-0.3, -0.25) is 0 Å². The molecule has 0 spiro atoms. The van der Waals surface area contributed by atoms with Crippen LogP contribution in [0.5, 0.6) is 0 Å². The number of rotatable bonds is 0. The maximum Gasteiger partial charge on any atom is 2.00 e. The summed E-state index contributed by atoms with van der Waals surface area (Å²) in [4.78, 5) is 0. The van der Waals surface area contributed by atoms with E-state index in [2.05, 4.69) is 0 Å². The zero-order valence-corrected chi connectivity index (χ0v) is 8.58. The summed E-state index contributed by atoms with van der Waals surface area (Å²) in [7, 11) is 0. The molecule has 0 rings (SSSR count). The predicted molar refractivity (Wildman–Crippen MR) is 19.3 cm³/mol. The van der Waals surface area contributed by atoms with Crippen molar-refractivity contribution in [3.05, 3.63) is 0 Å². The Balaban J connectivity index is 0. The molecule has 0 nitrogen and oxygen atoms in total. The summed E-state index contributed by atoms with van der Waals surface area (Å²) in [6.45, 7) is 0.